The van der Waals surface area contributed by atoms with E-state index in [4.69, 9.17) is 9.15 Å². The van der Waals surface area contributed by atoms with Crippen LogP contribution in [0.1, 0.15) is 17.7 Å². The lowest BCUT2D eigenvalue weighted by Gasteiger charge is -2.12. The molecule has 0 aliphatic heterocycles. The number of furan rings is 1. The van der Waals surface area contributed by atoms with E-state index in [9.17, 15) is 4.79 Å². The SMILES string of the molecule is COc1ccc(-c2ccc(CCC(=O)NCc3ccc(N(C)C)cc3)o2)cc1. The van der Waals surface area contributed by atoms with Crippen molar-refractivity contribution in [1.29, 1.82) is 0 Å². The van der Waals surface area contributed by atoms with Crippen molar-refractivity contribution in [2.24, 2.45) is 0 Å². The first-order valence-electron chi connectivity index (χ1n) is 9.31. The maximum atomic E-state index is 12.1. The fourth-order valence-corrected chi connectivity index (χ4v) is 2.86. The zero-order valence-electron chi connectivity index (χ0n) is 16.6. The molecule has 0 bridgehead atoms. The second-order valence-electron chi connectivity index (χ2n) is 6.83. The van der Waals surface area contributed by atoms with Crippen molar-refractivity contribution >= 4 is 11.6 Å². The normalized spacial score (nSPS) is 10.5. The molecule has 0 saturated carbocycles. The molecule has 0 unspecified atom stereocenters. The molecule has 0 radical (unpaired) electrons. The molecule has 1 heterocycles. The van der Waals surface area contributed by atoms with Gasteiger partial charge in [-0.3, -0.25) is 4.79 Å². The number of nitrogens with zero attached hydrogens (tertiary/aromatic N) is 1. The van der Waals surface area contributed by atoms with Crippen LogP contribution in [-0.2, 0) is 17.8 Å². The van der Waals surface area contributed by atoms with E-state index in [2.05, 4.69) is 5.32 Å². The summed E-state index contributed by atoms with van der Waals surface area (Å²) in [5.74, 6) is 2.41. The van der Waals surface area contributed by atoms with Crippen LogP contribution in [0.2, 0.25) is 0 Å². The van der Waals surface area contributed by atoms with Gasteiger partial charge in [0.05, 0.1) is 7.11 Å². The van der Waals surface area contributed by atoms with Gasteiger partial charge in [0.25, 0.3) is 0 Å². The maximum Gasteiger partial charge on any atom is 0.220 e. The monoisotopic (exact) mass is 378 g/mol. The first-order valence-corrected chi connectivity index (χ1v) is 9.31. The zero-order chi connectivity index (χ0) is 19.9. The van der Waals surface area contributed by atoms with Gasteiger partial charge in [0.15, 0.2) is 0 Å². The highest BCUT2D eigenvalue weighted by atomic mass is 16.5. The minimum atomic E-state index is 0.0130. The van der Waals surface area contributed by atoms with Crippen LogP contribution in [0.25, 0.3) is 11.3 Å². The summed E-state index contributed by atoms with van der Waals surface area (Å²) in [4.78, 5) is 14.2. The molecule has 0 saturated heterocycles. The van der Waals surface area contributed by atoms with Crippen LogP contribution < -0.4 is 15.0 Å². The minimum Gasteiger partial charge on any atom is -0.497 e. The summed E-state index contributed by atoms with van der Waals surface area (Å²) in [7, 11) is 5.65. The summed E-state index contributed by atoms with van der Waals surface area (Å²) in [6.07, 6.45) is 0.965. The molecule has 5 nitrogen and oxygen atoms in total. The van der Waals surface area contributed by atoms with Gasteiger partial charge in [0.1, 0.15) is 17.3 Å². The smallest absolute Gasteiger partial charge is 0.220 e. The van der Waals surface area contributed by atoms with E-state index in [1.807, 2.05) is 79.7 Å². The van der Waals surface area contributed by atoms with Crippen LogP contribution in [-0.4, -0.2) is 27.1 Å². The number of rotatable bonds is 8. The molecular formula is C23H26N2O3. The third-order valence-electron chi connectivity index (χ3n) is 4.58. The fraction of sp³-hybridized carbons (Fsp3) is 0.261. The highest BCUT2D eigenvalue weighted by Gasteiger charge is 2.08. The van der Waals surface area contributed by atoms with E-state index in [-0.39, 0.29) is 5.91 Å². The van der Waals surface area contributed by atoms with Crippen molar-refractivity contribution in [3.63, 3.8) is 0 Å². The second-order valence-corrected chi connectivity index (χ2v) is 6.83. The molecule has 1 N–H and O–H groups in total. The average Bonchev–Trinajstić information content (AvgIpc) is 3.20. The van der Waals surface area contributed by atoms with Crippen molar-refractivity contribution in [3.8, 4) is 17.1 Å². The number of aryl methyl sites for hydroxylation is 1. The quantitative estimate of drug-likeness (QED) is 0.636. The topological polar surface area (TPSA) is 54.7 Å². The summed E-state index contributed by atoms with van der Waals surface area (Å²) in [6, 6.07) is 19.7. The van der Waals surface area contributed by atoms with Crippen molar-refractivity contribution in [2.75, 3.05) is 26.1 Å². The average molecular weight is 378 g/mol. The largest absolute Gasteiger partial charge is 0.497 e. The fourth-order valence-electron chi connectivity index (χ4n) is 2.86. The standard InChI is InChI=1S/C23H26N2O3/c1-25(2)19-8-4-17(5-9-19)16-24-23(26)15-13-21-12-14-22(28-21)18-6-10-20(27-3)11-7-18/h4-12,14H,13,15-16H2,1-3H3,(H,24,26). The molecule has 1 aromatic heterocycles. The molecule has 0 atom stereocenters. The molecule has 3 aromatic rings. The third kappa shape index (κ3) is 5.16. The molecule has 0 fully saturated rings. The molecule has 2 aromatic carbocycles. The first-order chi connectivity index (χ1) is 13.5. The Bertz CT molecular complexity index is 896. The summed E-state index contributed by atoms with van der Waals surface area (Å²) < 4.78 is 11.0. The number of benzene rings is 2. The predicted octanol–water partition coefficient (Wildman–Crippen LogP) is 4.27. The Balaban J connectivity index is 1.47. The minimum absolute atomic E-state index is 0.0130. The first kappa shape index (κ1) is 19.5. The number of carbonyl (C=O) groups is 1. The van der Waals surface area contributed by atoms with Gasteiger partial charge in [0, 0.05) is 44.7 Å². The Labute approximate surface area is 165 Å². The molecular weight excluding hydrogens is 352 g/mol. The Morgan fingerprint density at radius 1 is 1.00 bits per heavy atom. The van der Waals surface area contributed by atoms with E-state index in [1.165, 1.54) is 0 Å². The van der Waals surface area contributed by atoms with Crippen LogP contribution in [0.15, 0.2) is 65.1 Å². The number of hydrogen-bond donors (Lipinski definition) is 1. The van der Waals surface area contributed by atoms with E-state index in [0.717, 1.165) is 34.1 Å². The van der Waals surface area contributed by atoms with Crippen molar-refractivity contribution in [2.45, 2.75) is 19.4 Å². The van der Waals surface area contributed by atoms with Gasteiger partial charge < -0.3 is 19.4 Å². The summed E-state index contributed by atoms with van der Waals surface area (Å²) >= 11 is 0. The van der Waals surface area contributed by atoms with Crippen LogP contribution in [0.4, 0.5) is 5.69 Å². The molecule has 0 aliphatic carbocycles. The van der Waals surface area contributed by atoms with E-state index in [1.54, 1.807) is 7.11 Å². The highest BCUT2D eigenvalue weighted by molar-refractivity contribution is 5.76. The Morgan fingerprint density at radius 2 is 1.71 bits per heavy atom. The van der Waals surface area contributed by atoms with Crippen molar-refractivity contribution in [3.05, 3.63) is 72.0 Å². The van der Waals surface area contributed by atoms with Crippen molar-refractivity contribution < 1.29 is 13.9 Å². The predicted molar refractivity (Wildman–Crippen MR) is 112 cm³/mol. The molecule has 0 aliphatic rings. The van der Waals surface area contributed by atoms with Crippen LogP contribution in [0.3, 0.4) is 0 Å². The van der Waals surface area contributed by atoms with Gasteiger partial charge in [0.2, 0.25) is 5.91 Å². The van der Waals surface area contributed by atoms with Crippen LogP contribution >= 0.6 is 0 Å². The van der Waals surface area contributed by atoms with Crippen LogP contribution in [0.5, 0.6) is 5.75 Å². The molecule has 1 amide bonds. The van der Waals surface area contributed by atoms with Gasteiger partial charge in [-0.2, -0.15) is 0 Å². The number of amides is 1. The lowest BCUT2D eigenvalue weighted by atomic mass is 10.1. The molecule has 5 heteroatoms. The number of methoxy groups -OCH3 is 1. The highest BCUT2D eigenvalue weighted by Crippen LogP contribution is 2.25. The van der Waals surface area contributed by atoms with Gasteiger partial charge in [-0.05, 0) is 54.1 Å². The third-order valence-corrected chi connectivity index (χ3v) is 4.58. The molecule has 146 valence electrons. The lowest BCUT2D eigenvalue weighted by molar-refractivity contribution is -0.121. The molecule has 28 heavy (non-hydrogen) atoms. The van der Waals surface area contributed by atoms with Gasteiger partial charge in [-0.15, -0.1) is 0 Å². The number of carbonyl (C=O) groups excluding carboxylic acids is 1. The maximum absolute atomic E-state index is 12.1. The zero-order valence-corrected chi connectivity index (χ0v) is 16.6. The van der Waals surface area contributed by atoms with Gasteiger partial charge in [-0.1, -0.05) is 12.1 Å². The Morgan fingerprint density at radius 3 is 2.36 bits per heavy atom. The van der Waals surface area contributed by atoms with E-state index < -0.39 is 0 Å². The molecule has 0 spiro atoms. The van der Waals surface area contributed by atoms with Gasteiger partial charge in [-0.25, -0.2) is 0 Å². The second kappa shape index (κ2) is 9.13. The van der Waals surface area contributed by atoms with Gasteiger partial charge >= 0.3 is 0 Å². The number of ether oxygens (including phenoxy) is 1. The molecule has 3 rings (SSSR count). The number of hydrogen-bond acceptors (Lipinski definition) is 4. The summed E-state index contributed by atoms with van der Waals surface area (Å²) in [5, 5.41) is 2.96. The van der Waals surface area contributed by atoms with Crippen molar-refractivity contribution in [1.82, 2.24) is 5.32 Å². The Kier molecular flexibility index (Phi) is 6.37. The van der Waals surface area contributed by atoms with E-state index in [0.29, 0.717) is 19.4 Å². The number of nitrogens with one attached hydrogen (secondary N) is 1. The number of anilines is 1. The summed E-state index contributed by atoms with van der Waals surface area (Å²) in [5.41, 5.74) is 3.21. The van der Waals surface area contributed by atoms with E-state index >= 15 is 0 Å². The van der Waals surface area contributed by atoms with Crippen LogP contribution in [0, 0.1) is 0 Å². The lowest BCUT2D eigenvalue weighted by Crippen LogP contribution is -2.23. The Hall–Kier alpha value is -3.21. The summed E-state index contributed by atoms with van der Waals surface area (Å²) in [6.45, 7) is 0.530.